The van der Waals surface area contributed by atoms with Crippen molar-refractivity contribution in [3.05, 3.63) is 24.3 Å². The van der Waals surface area contributed by atoms with Gasteiger partial charge in [0.1, 0.15) is 11.9 Å². The van der Waals surface area contributed by atoms with Crippen molar-refractivity contribution in [2.24, 2.45) is 5.73 Å². The van der Waals surface area contributed by atoms with Gasteiger partial charge in [-0.05, 0) is 30.7 Å². The molecule has 8 nitrogen and oxygen atoms in total. The molecule has 8 heteroatoms. The van der Waals surface area contributed by atoms with Gasteiger partial charge in [0.2, 0.25) is 12.2 Å². The van der Waals surface area contributed by atoms with E-state index < -0.39 is 30.6 Å². The number of nitrogens with two attached hydrogens (primary N) is 1. The molecule has 0 aliphatic carbocycles. The molecule has 0 saturated carbocycles. The highest BCUT2D eigenvalue weighted by molar-refractivity contribution is 5.88. The van der Waals surface area contributed by atoms with Crippen molar-refractivity contribution in [3.63, 3.8) is 0 Å². The minimum absolute atomic E-state index is 0.178. The van der Waals surface area contributed by atoms with Crippen LogP contribution in [0.25, 0.3) is 0 Å². The summed E-state index contributed by atoms with van der Waals surface area (Å²) in [4.78, 5) is 11.0. The van der Waals surface area contributed by atoms with Crippen LogP contribution in [0.2, 0.25) is 0 Å². The number of benzene rings is 1. The summed E-state index contributed by atoms with van der Waals surface area (Å²) in [7, 11) is 0. The van der Waals surface area contributed by atoms with Crippen molar-refractivity contribution in [2.75, 3.05) is 11.9 Å². The van der Waals surface area contributed by atoms with Crippen molar-refractivity contribution in [1.82, 2.24) is 0 Å². The van der Waals surface area contributed by atoms with Crippen LogP contribution in [0.4, 0.5) is 5.69 Å². The van der Waals surface area contributed by atoms with Crippen LogP contribution in [0.15, 0.2) is 24.3 Å². The van der Waals surface area contributed by atoms with E-state index in [1.54, 1.807) is 24.3 Å². The number of ether oxygens (including phenoxy) is 2. The molecular weight excluding hydrogens is 304 g/mol. The molecular formula is C15H22N2O6. The summed E-state index contributed by atoms with van der Waals surface area (Å²) in [6, 6.07) is 5.57. The first-order chi connectivity index (χ1) is 10.9. The molecule has 0 aromatic heterocycles. The van der Waals surface area contributed by atoms with E-state index in [2.05, 4.69) is 5.32 Å². The lowest BCUT2D eigenvalue weighted by Gasteiger charge is -2.40. The van der Waals surface area contributed by atoms with E-state index in [4.69, 9.17) is 20.3 Å². The predicted octanol–water partition coefficient (Wildman–Crippen LogP) is -0.820. The van der Waals surface area contributed by atoms with Gasteiger partial charge in [-0.25, -0.2) is 0 Å². The highest BCUT2D eigenvalue weighted by Crippen LogP contribution is 2.25. The standard InChI is InChI=1S/C15H22N2O6/c1-8(19)17-9-2-4-10(5-3-9)22-15-14(21)12(16)13(20)11(23-15)6-7-18/h2-5,11-15,18,20-21H,6-7,16H2,1H3,(H,17,19). The Balaban J connectivity index is 2.04. The topological polar surface area (TPSA) is 134 Å². The number of amides is 1. The molecule has 0 spiro atoms. The Morgan fingerprint density at radius 2 is 1.96 bits per heavy atom. The van der Waals surface area contributed by atoms with Crippen molar-refractivity contribution in [1.29, 1.82) is 0 Å². The monoisotopic (exact) mass is 326 g/mol. The second kappa shape index (κ2) is 7.71. The van der Waals surface area contributed by atoms with E-state index in [1.165, 1.54) is 6.92 Å². The maximum Gasteiger partial charge on any atom is 0.228 e. The highest BCUT2D eigenvalue weighted by Gasteiger charge is 2.43. The fraction of sp³-hybridized carbons (Fsp3) is 0.533. The van der Waals surface area contributed by atoms with Gasteiger partial charge in [-0.15, -0.1) is 0 Å². The summed E-state index contributed by atoms with van der Waals surface area (Å²) in [5, 5.41) is 31.6. The SMILES string of the molecule is CC(=O)Nc1ccc(OC2OC(CCO)C(O)C(N)C2O)cc1. The molecule has 128 valence electrons. The van der Waals surface area contributed by atoms with Gasteiger partial charge in [-0.2, -0.15) is 0 Å². The van der Waals surface area contributed by atoms with Gasteiger partial charge >= 0.3 is 0 Å². The van der Waals surface area contributed by atoms with Crippen molar-refractivity contribution in [2.45, 2.75) is 44.0 Å². The van der Waals surface area contributed by atoms with Gasteiger partial charge in [0.25, 0.3) is 0 Å². The first kappa shape index (κ1) is 17.6. The second-order valence-corrected chi connectivity index (χ2v) is 5.44. The predicted molar refractivity (Wildman–Crippen MR) is 81.7 cm³/mol. The Kier molecular flexibility index (Phi) is 5.91. The average molecular weight is 326 g/mol. The normalized spacial score (nSPS) is 30.7. The number of aliphatic hydroxyl groups is 3. The molecule has 1 heterocycles. The zero-order valence-electron chi connectivity index (χ0n) is 12.8. The Hall–Kier alpha value is -1.71. The Morgan fingerprint density at radius 3 is 2.52 bits per heavy atom. The minimum Gasteiger partial charge on any atom is -0.462 e. The lowest BCUT2D eigenvalue weighted by molar-refractivity contribution is -0.243. The number of hydrogen-bond acceptors (Lipinski definition) is 7. The summed E-state index contributed by atoms with van der Waals surface area (Å²) >= 11 is 0. The van der Waals surface area contributed by atoms with Gasteiger partial charge in [0.05, 0.1) is 18.2 Å². The summed E-state index contributed by atoms with van der Waals surface area (Å²) < 4.78 is 11.1. The van der Waals surface area contributed by atoms with Gasteiger partial charge in [0, 0.05) is 19.2 Å². The van der Waals surface area contributed by atoms with Crippen LogP contribution in [-0.4, -0.2) is 58.5 Å². The summed E-state index contributed by atoms with van der Waals surface area (Å²) in [5.41, 5.74) is 6.39. The van der Waals surface area contributed by atoms with Crippen LogP contribution in [0, 0.1) is 0 Å². The first-order valence-corrected chi connectivity index (χ1v) is 7.34. The number of carbonyl (C=O) groups excluding carboxylic acids is 1. The third kappa shape index (κ3) is 4.40. The fourth-order valence-corrected chi connectivity index (χ4v) is 2.38. The Labute approximate surface area is 133 Å². The molecule has 1 aliphatic heterocycles. The zero-order valence-corrected chi connectivity index (χ0v) is 12.8. The van der Waals surface area contributed by atoms with Gasteiger partial charge < -0.3 is 35.8 Å². The summed E-state index contributed by atoms with van der Waals surface area (Å²) in [5.74, 6) is 0.228. The molecule has 1 aliphatic rings. The molecule has 1 fully saturated rings. The molecule has 0 radical (unpaired) electrons. The third-order valence-corrected chi connectivity index (χ3v) is 3.60. The summed E-state index contributed by atoms with van der Waals surface area (Å²) in [6.45, 7) is 1.23. The lowest BCUT2D eigenvalue weighted by atomic mass is 9.95. The number of rotatable bonds is 5. The average Bonchev–Trinajstić information content (AvgIpc) is 2.51. The maximum atomic E-state index is 11.0. The van der Waals surface area contributed by atoms with Gasteiger partial charge in [-0.1, -0.05) is 0 Å². The quantitative estimate of drug-likeness (QED) is 0.477. The van der Waals surface area contributed by atoms with Crippen molar-refractivity contribution < 1.29 is 29.6 Å². The van der Waals surface area contributed by atoms with Crippen LogP contribution in [0.1, 0.15) is 13.3 Å². The second-order valence-electron chi connectivity index (χ2n) is 5.44. The van der Waals surface area contributed by atoms with Crippen LogP contribution < -0.4 is 15.8 Å². The largest absolute Gasteiger partial charge is 0.462 e. The van der Waals surface area contributed by atoms with E-state index in [1.807, 2.05) is 0 Å². The molecule has 2 rings (SSSR count). The molecule has 1 aromatic rings. The number of aliphatic hydroxyl groups excluding tert-OH is 3. The first-order valence-electron chi connectivity index (χ1n) is 7.34. The van der Waals surface area contributed by atoms with E-state index in [9.17, 15) is 15.0 Å². The number of hydrogen-bond donors (Lipinski definition) is 5. The van der Waals surface area contributed by atoms with Crippen LogP contribution in [0.5, 0.6) is 5.75 Å². The maximum absolute atomic E-state index is 11.0. The molecule has 1 amide bonds. The lowest BCUT2D eigenvalue weighted by Crippen LogP contribution is -2.62. The van der Waals surface area contributed by atoms with Crippen molar-refractivity contribution in [3.8, 4) is 5.75 Å². The van der Waals surface area contributed by atoms with Crippen LogP contribution >= 0.6 is 0 Å². The molecule has 5 atom stereocenters. The Bertz CT molecular complexity index is 523. The molecule has 23 heavy (non-hydrogen) atoms. The van der Waals surface area contributed by atoms with Gasteiger partial charge in [-0.3, -0.25) is 4.79 Å². The van der Waals surface area contributed by atoms with E-state index in [0.29, 0.717) is 11.4 Å². The molecule has 1 aromatic carbocycles. The van der Waals surface area contributed by atoms with Gasteiger partial charge in [0.15, 0.2) is 0 Å². The molecule has 5 unspecified atom stereocenters. The summed E-state index contributed by atoms with van der Waals surface area (Å²) in [6.07, 6.45) is -3.89. The number of carbonyl (C=O) groups is 1. The molecule has 6 N–H and O–H groups in total. The fourth-order valence-electron chi connectivity index (χ4n) is 2.38. The van der Waals surface area contributed by atoms with Crippen LogP contribution in [0.3, 0.4) is 0 Å². The number of nitrogens with one attached hydrogen (secondary N) is 1. The molecule has 0 bridgehead atoms. The molecule has 1 saturated heterocycles. The minimum atomic E-state index is -1.21. The van der Waals surface area contributed by atoms with Crippen molar-refractivity contribution >= 4 is 11.6 Å². The zero-order chi connectivity index (χ0) is 17.0. The Morgan fingerprint density at radius 1 is 1.30 bits per heavy atom. The van der Waals surface area contributed by atoms with E-state index in [-0.39, 0.29) is 18.9 Å². The van der Waals surface area contributed by atoms with E-state index >= 15 is 0 Å². The third-order valence-electron chi connectivity index (χ3n) is 3.60. The highest BCUT2D eigenvalue weighted by atomic mass is 16.7. The number of anilines is 1. The van der Waals surface area contributed by atoms with E-state index in [0.717, 1.165) is 0 Å². The smallest absolute Gasteiger partial charge is 0.228 e. The van der Waals surface area contributed by atoms with Crippen LogP contribution in [-0.2, 0) is 9.53 Å².